The van der Waals surface area contributed by atoms with Crippen LogP contribution >= 0.6 is 23.6 Å². The van der Waals surface area contributed by atoms with E-state index >= 15 is 0 Å². The molecule has 7 nitrogen and oxygen atoms in total. The van der Waals surface area contributed by atoms with E-state index in [-0.39, 0.29) is 16.9 Å². The van der Waals surface area contributed by atoms with Crippen LogP contribution in [0.2, 0.25) is 0 Å². The van der Waals surface area contributed by atoms with Crippen LogP contribution in [0.15, 0.2) is 60.0 Å². The number of hydrogen-bond acceptors (Lipinski definition) is 6. The SMILES string of the molecule is COc1cc(NC(=S)NC(=O)c2cccc(OCC(C)C)c2)ccc1NC(=O)c1cccs1. The van der Waals surface area contributed by atoms with Gasteiger partial charge in [-0.15, -0.1) is 11.3 Å². The van der Waals surface area contributed by atoms with Crippen LogP contribution in [0.25, 0.3) is 0 Å². The number of rotatable bonds is 8. The summed E-state index contributed by atoms with van der Waals surface area (Å²) in [6.07, 6.45) is 0. The molecule has 3 aromatic rings. The fraction of sp³-hybridized carbons (Fsp3) is 0.208. The molecule has 172 valence electrons. The van der Waals surface area contributed by atoms with Gasteiger partial charge in [-0.25, -0.2) is 0 Å². The molecule has 0 saturated heterocycles. The maximum atomic E-state index is 12.6. The molecular formula is C24H25N3O4S2. The number of thiophene rings is 1. The molecule has 0 unspecified atom stereocenters. The zero-order valence-corrected chi connectivity index (χ0v) is 20.1. The summed E-state index contributed by atoms with van der Waals surface area (Å²) >= 11 is 6.64. The molecule has 0 spiro atoms. The summed E-state index contributed by atoms with van der Waals surface area (Å²) in [6, 6.07) is 15.6. The number of carbonyl (C=O) groups excluding carboxylic acids is 2. The van der Waals surface area contributed by atoms with Gasteiger partial charge in [0.25, 0.3) is 11.8 Å². The van der Waals surface area contributed by atoms with Crippen molar-refractivity contribution in [2.24, 2.45) is 5.92 Å². The van der Waals surface area contributed by atoms with Gasteiger partial charge in [-0.1, -0.05) is 26.0 Å². The number of thiocarbonyl (C=S) groups is 1. The van der Waals surface area contributed by atoms with E-state index in [1.165, 1.54) is 18.4 Å². The van der Waals surface area contributed by atoms with Gasteiger partial charge in [0.15, 0.2) is 5.11 Å². The van der Waals surface area contributed by atoms with Crippen molar-refractivity contribution in [2.75, 3.05) is 24.4 Å². The van der Waals surface area contributed by atoms with Crippen molar-refractivity contribution < 1.29 is 19.1 Å². The summed E-state index contributed by atoms with van der Waals surface area (Å²) in [5, 5.41) is 10.4. The van der Waals surface area contributed by atoms with Gasteiger partial charge in [0.1, 0.15) is 11.5 Å². The third kappa shape index (κ3) is 7.03. The number of hydrogen-bond donors (Lipinski definition) is 3. The molecule has 1 heterocycles. The van der Waals surface area contributed by atoms with E-state index in [1.807, 2.05) is 11.4 Å². The number of anilines is 2. The van der Waals surface area contributed by atoms with E-state index in [9.17, 15) is 9.59 Å². The Morgan fingerprint density at radius 3 is 2.55 bits per heavy atom. The van der Waals surface area contributed by atoms with Crippen LogP contribution in [0.4, 0.5) is 11.4 Å². The molecule has 0 aliphatic carbocycles. The van der Waals surface area contributed by atoms with Crippen LogP contribution in [0.1, 0.15) is 33.9 Å². The zero-order valence-electron chi connectivity index (χ0n) is 18.5. The smallest absolute Gasteiger partial charge is 0.265 e. The van der Waals surface area contributed by atoms with E-state index in [0.717, 1.165) is 0 Å². The Balaban J connectivity index is 1.61. The standard InChI is InChI=1S/C24H25N3O4S2/c1-15(2)14-31-18-7-4-6-16(12-18)22(28)27-24(32)25-17-9-10-19(20(13-17)30-3)26-23(29)21-8-5-11-33-21/h4-13,15H,14H2,1-3H3,(H,26,29)(H2,25,27,28,32). The predicted octanol–water partition coefficient (Wildman–Crippen LogP) is 5.17. The quantitative estimate of drug-likeness (QED) is 0.383. The van der Waals surface area contributed by atoms with Gasteiger partial charge in [0.05, 0.1) is 24.3 Å². The van der Waals surface area contributed by atoms with Gasteiger partial charge >= 0.3 is 0 Å². The lowest BCUT2D eigenvalue weighted by Gasteiger charge is -2.14. The van der Waals surface area contributed by atoms with E-state index in [4.69, 9.17) is 21.7 Å². The van der Waals surface area contributed by atoms with Crippen molar-refractivity contribution in [3.05, 3.63) is 70.4 Å². The number of carbonyl (C=O) groups is 2. The first-order chi connectivity index (χ1) is 15.9. The Labute approximate surface area is 202 Å². The van der Waals surface area contributed by atoms with Gasteiger partial charge in [-0.2, -0.15) is 0 Å². The first-order valence-corrected chi connectivity index (χ1v) is 11.5. The molecule has 33 heavy (non-hydrogen) atoms. The molecule has 0 bridgehead atoms. The summed E-state index contributed by atoms with van der Waals surface area (Å²) in [7, 11) is 1.51. The Hall–Kier alpha value is -3.43. The lowest BCUT2D eigenvalue weighted by atomic mass is 10.2. The molecule has 2 amide bonds. The minimum atomic E-state index is -0.353. The van der Waals surface area contributed by atoms with Crippen LogP contribution in [-0.4, -0.2) is 30.6 Å². The molecule has 0 atom stereocenters. The van der Waals surface area contributed by atoms with E-state index in [0.29, 0.717) is 45.8 Å². The maximum Gasteiger partial charge on any atom is 0.265 e. The van der Waals surface area contributed by atoms with Crippen molar-refractivity contribution in [3.63, 3.8) is 0 Å². The highest BCUT2D eigenvalue weighted by Crippen LogP contribution is 2.29. The highest BCUT2D eigenvalue weighted by atomic mass is 32.1. The minimum Gasteiger partial charge on any atom is -0.494 e. The topological polar surface area (TPSA) is 88.7 Å². The summed E-state index contributed by atoms with van der Waals surface area (Å²) in [5.41, 5.74) is 1.56. The third-order valence-electron chi connectivity index (χ3n) is 4.36. The fourth-order valence-corrected chi connectivity index (χ4v) is 3.62. The first-order valence-electron chi connectivity index (χ1n) is 10.2. The Kier molecular flexibility index (Phi) is 8.39. The largest absolute Gasteiger partial charge is 0.494 e. The van der Waals surface area contributed by atoms with Gasteiger partial charge in [0.2, 0.25) is 0 Å². The number of benzene rings is 2. The van der Waals surface area contributed by atoms with Crippen LogP contribution in [0.3, 0.4) is 0 Å². The molecule has 0 saturated carbocycles. The van der Waals surface area contributed by atoms with Crippen LogP contribution in [0, 0.1) is 5.92 Å². The fourth-order valence-electron chi connectivity index (χ4n) is 2.79. The Morgan fingerprint density at radius 1 is 1.03 bits per heavy atom. The molecule has 0 aliphatic heterocycles. The zero-order chi connectivity index (χ0) is 23.8. The van der Waals surface area contributed by atoms with Crippen molar-refractivity contribution in [3.8, 4) is 11.5 Å². The van der Waals surface area contributed by atoms with Crippen molar-refractivity contribution in [1.29, 1.82) is 0 Å². The molecule has 3 rings (SSSR count). The molecule has 1 aromatic heterocycles. The van der Waals surface area contributed by atoms with Crippen molar-refractivity contribution in [2.45, 2.75) is 13.8 Å². The van der Waals surface area contributed by atoms with E-state index < -0.39 is 0 Å². The van der Waals surface area contributed by atoms with Gasteiger partial charge in [-0.3, -0.25) is 14.9 Å². The number of methoxy groups -OCH3 is 1. The predicted molar refractivity (Wildman–Crippen MR) is 136 cm³/mol. The number of ether oxygens (including phenoxy) is 2. The highest BCUT2D eigenvalue weighted by Gasteiger charge is 2.13. The first kappa shape index (κ1) is 24.2. The molecule has 3 N–H and O–H groups in total. The average Bonchev–Trinajstić information content (AvgIpc) is 3.34. The molecular weight excluding hydrogens is 458 g/mol. The average molecular weight is 484 g/mol. The van der Waals surface area contributed by atoms with Crippen molar-refractivity contribution >= 4 is 51.9 Å². The van der Waals surface area contributed by atoms with Crippen LogP contribution in [0.5, 0.6) is 11.5 Å². The normalized spacial score (nSPS) is 10.4. The monoisotopic (exact) mass is 483 g/mol. The number of amides is 2. The van der Waals surface area contributed by atoms with Gasteiger partial charge in [0, 0.05) is 17.3 Å². The summed E-state index contributed by atoms with van der Waals surface area (Å²) in [4.78, 5) is 25.5. The van der Waals surface area contributed by atoms with Gasteiger partial charge in [-0.05, 0) is 59.9 Å². The lowest BCUT2D eigenvalue weighted by Crippen LogP contribution is -2.34. The molecule has 2 aromatic carbocycles. The van der Waals surface area contributed by atoms with E-state index in [2.05, 4.69) is 29.8 Å². The molecule has 9 heteroatoms. The van der Waals surface area contributed by atoms with Crippen LogP contribution < -0.4 is 25.4 Å². The summed E-state index contributed by atoms with van der Waals surface area (Å²) in [6.45, 7) is 4.68. The van der Waals surface area contributed by atoms with Crippen LogP contribution in [-0.2, 0) is 0 Å². The van der Waals surface area contributed by atoms with Crippen molar-refractivity contribution in [1.82, 2.24) is 5.32 Å². The minimum absolute atomic E-state index is 0.130. The summed E-state index contributed by atoms with van der Waals surface area (Å²) < 4.78 is 11.1. The number of nitrogens with one attached hydrogen (secondary N) is 3. The summed E-state index contributed by atoms with van der Waals surface area (Å²) in [5.74, 6) is 0.890. The molecule has 0 fully saturated rings. The van der Waals surface area contributed by atoms with E-state index in [1.54, 1.807) is 48.5 Å². The Bertz CT molecular complexity index is 1130. The lowest BCUT2D eigenvalue weighted by molar-refractivity contribution is 0.0976. The molecule has 0 aliphatic rings. The maximum absolute atomic E-state index is 12.6. The second kappa shape index (κ2) is 11.4. The molecule has 0 radical (unpaired) electrons. The second-order valence-electron chi connectivity index (χ2n) is 7.49. The third-order valence-corrected chi connectivity index (χ3v) is 5.43. The Morgan fingerprint density at radius 2 is 1.85 bits per heavy atom. The van der Waals surface area contributed by atoms with Gasteiger partial charge < -0.3 is 20.1 Å². The second-order valence-corrected chi connectivity index (χ2v) is 8.84. The highest BCUT2D eigenvalue weighted by molar-refractivity contribution is 7.80.